The Labute approximate surface area is 143 Å². The molecule has 0 bridgehead atoms. The molecule has 0 spiro atoms. The van der Waals surface area contributed by atoms with Crippen LogP contribution in [-0.4, -0.2) is 21.8 Å². The van der Waals surface area contributed by atoms with Gasteiger partial charge in [-0.15, -0.1) is 11.3 Å². The summed E-state index contributed by atoms with van der Waals surface area (Å²) in [4.78, 5) is 6.81. The molecule has 1 unspecified atom stereocenters. The number of quaternary nitrogens is 1. The second-order valence-electron chi connectivity index (χ2n) is 5.18. The second kappa shape index (κ2) is 6.75. The van der Waals surface area contributed by atoms with Crippen LogP contribution in [0.4, 0.5) is 0 Å². The highest BCUT2D eigenvalue weighted by Crippen LogP contribution is 2.20. The summed E-state index contributed by atoms with van der Waals surface area (Å²) >= 11 is 13.0. The fourth-order valence-electron chi connectivity index (χ4n) is 2.31. The van der Waals surface area contributed by atoms with Crippen molar-refractivity contribution in [2.45, 2.75) is 13.2 Å². The standard InChI is InChI=1S/C15H15ClN4S2/c1-19(9-11-4-2-5-12(16)8-11)10-20-15(21)17-14(18-20)13-6-3-7-22-13/h2-8H,9-10H2,1H3,(H,17,18,21)/p+1. The van der Waals surface area contributed by atoms with Crippen molar-refractivity contribution in [2.24, 2.45) is 0 Å². The van der Waals surface area contributed by atoms with E-state index in [1.165, 1.54) is 10.5 Å². The monoisotopic (exact) mass is 351 g/mol. The molecule has 7 heteroatoms. The van der Waals surface area contributed by atoms with Crippen molar-refractivity contribution in [3.8, 4) is 10.7 Å². The van der Waals surface area contributed by atoms with Crippen molar-refractivity contribution in [3.05, 3.63) is 57.1 Å². The van der Waals surface area contributed by atoms with Gasteiger partial charge >= 0.3 is 0 Å². The van der Waals surface area contributed by atoms with Crippen molar-refractivity contribution in [3.63, 3.8) is 0 Å². The van der Waals surface area contributed by atoms with Crippen LogP contribution in [0.5, 0.6) is 0 Å². The number of rotatable bonds is 5. The predicted molar refractivity (Wildman–Crippen MR) is 92.8 cm³/mol. The van der Waals surface area contributed by atoms with Crippen LogP contribution in [0.2, 0.25) is 5.02 Å². The van der Waals surface area contributed by atoms with Crippen LogP contribution in [0, 0.1) is 4.77 Å². The number of benzene rings is 1. The molecule has 0 aliphatic rings. The molecule has 3 rings (SSSR count). The number of nitrogens with zero attached hydrogens (tertiary/aromatic N) is 2. The maximum absolute atomic E-state index is 6.03. The SMILES string of the molecule is C[NH+](Cc1cccc(Cl)c1)Cn1[nH]c(-c2cccs2)nc1=S. The lowest BCUT2D eigenvalue weighted by Gasteiger charge is -2.14. The van der Waals surface area contributed by atoms with Gasteiger partial charge in [-0.1, -0.05) is 29.8 Å². The first kappa shape index (κ1) is 15.4. The van der Waals surface area contributed by atoms with Gasteiger partial charge in [0.2, 0.25) is 4.77 Å². The average Bonchev–Trinajstić information content (AvgIpc) is 3.09. The van der Waals surface area contributed by atoms with Gasteiger partial charge in [-0.05, 0) is 35.8 Å². The Morgan fingerprint density at radius 3 is 2.95 bits per heavy atom. The van der Waals surface area contributed by atoms with Crippen LogP contribution in [0.15, 0.2) is 41.8 Å². The van der Waals surface area contributed by atoms with Crippen LogP contribution >= 0.6 is 35.2 Å². The highest BCUT2D eigenvalue weighted by Gasteiger charge is 2.10. The summed E-state index contributed by atoms with van der Waals surface area (Å²) in [7, 11) is 2.12. The predicted octanol–water partition coefficient (Wildman–Crippen LogP) is 2.99. The molecule has 22 heavy (non-hydrogen) atoms. The molecule has 2 heterocycles. The van der Waals surface area contributed by atoms with Gasteiger partial charge < -0.3 is 4.90 Å². The topological polar surface area (TPSA) is 38.0 Å². The second-order valence-corrected chi connectivity index (χ2v) is 6.93. The fraction of sp³-hybridized carbons (Fsp3) is 0.200. The van der Waals surface area contributed by atoms with Crippen molar-refractivity contribution >= 4 is 35.2 Å². The Balaban J connectivity index is 1.72. The first-order chi connectivity index (χ1) is 10.6. The molecule has 0 aliphatic heterocycles. The van der Waals surface area contributed by atoms with Crippen molar-refractivity contribution in [2.75, 3.05) is 7.05 Å². The normalized spacial score (nSPS) is 12.5. The number of aromatic amines is 1. The summed E-state index contributed by atoms with van der Waals surface area (Å²) in [5.41, 5.74) is 1.20. The lowest BCUT2D eigenvalue weighted by Crippen LogP contribution is -3.07. The average molecular weight is 352 g/mol. The minimum absolute atomic E-state index is 0.578. The Bertz CT molecular complexity index is 807. The van der Waals surface area contributed by atoms with Crippen LogP contribution in [0.25, 0.3) is 10.7 Å². The van der Waals surface area contributed by atoms with E-state index >= 15 is 0 Å². The van der Waals surface area contributed by atoms with Crippen molar-refractivity contribution < 1.29 is 4.90 Å². The van der Waals surface area contributed by atoms with Gasteiger partial charge in [-0.2, -0.15) is 4.98 Å². The smallest absolute Gasteiger partial charge is 0.221 e. The number of aromatic nitrogens is 3. The minimum Gasteiger partial charge on any atom is -0.315 e. The van der Waals surface area contributed by atoms with E-state index in [0.717, 1.165) is 28.9 Å². The summed E-state index contributed by atoms with van der Waals surface area (Å²) < 4.78 is 2.48. The molecule has 114 valence electrons. The summed E-state index contributed by atoms with van der Waals surface area (Å²) in [5, 5.41) is 6.07. The van der Waals surface area contributed by atoms with E-state index in [1.807, 2.05) is 40.4 Å². The van der Waals surface area contributed by atoms with Crippen LogP contribution < -0.4 is 4.90 Å². The summed E-state index contributed by atoms with van der Waals surface area (Å²) in [6.45, 7) is 1.60. The zero-order valence-electron chi connectivity index (χ0n) is 12.0. The summed E-state index contributed by atoms with van der Waals surface area (Å²) in [6.07, 6.45) is 0. The van der Waals surface area contributed by atoms with E-state index < -0.39 is 0 Å². The van der Waals surface area contributed by atoms with Crippen molar-refractivity contribution in [1.29, 1.82) is 0 Å². The van der Waals surface area contributed by atoms with Gasteiger partial charge in [-0.25, -0.2) is 4.68 Å². The molecule has 0 amide bonds. The van der Waals surface area contributed by atoms with Gasteiger partial charge in [0.25, 0.3) is 0 Å². The molecule has 3 aromatic rings. The lowest BCUT2D eigenvalue weighted by atomic mass is 10.2. The van der Waals surface area contributed by atoms with Gasteiger partial charge in [-0.3, -0.25) is 5.10 Å². The Kier molecular flexibility index (Phi) is 4.73. The molecule has 2 N–H and O–H groups in total. The number of thiophene rings is 1. The molecule has 1 aromatic carbocycles. The third kappa shape index (κ3) is 3.64. The molecule has 0 fully saturated rings. The first-order valence-corrected chi connectivity index (χ1v) is 8.55. The zero-order chi connectivity index (χ0) is 15.5. The van der Waals surface area contributed by atoms with Gasteiger partial charge in [0.15, 0.2) is 12.5 Å². The largest absolute Gasteiger partial charge is 0.315 e. The van der Waals surface area contributed by atoms with E-state index in [-0.39, 0.29) is 0 Å². The van der Waals surface area contributed by atoms with Gasteiger partial charge in [0.05, 0.1) is 11.9 Å². The Morgan fingerprint density at radius 2 is 2.23 bits per heavy atom. The molecule has 0 saturated heterocycles. The first-order valence-electron chi connectivity index (χ1n) is 6.88. The molecule has 0 saturated carbocycles. The Hall–Kier alpha value is -1.47. The van der Waals surface area contributed by atoms with Gasteiger partial charge in [0, 0.05) is 10.6 Å². The maximum atomic E-state index is 6.03. The lowest BCUT2D eigenvalue weighted by molar-refractivity contribution is -0.917. The van der Waals surface area contributed by atoms with Crippen LogP contribution in [0.1, 0.15) is 5.56 Å². The van der Waals surface area contributed by atoms with Crippen LogP contribution in [0.3, 0.4) is 0 Å². The third-order valence-electron chi connectivity index (χ3n) is 3.26. The van der Waals surface area contributed by atoms with E-state index in [9.17, 15) is 0 Å². The number of nitrogens with one attached hydrogen (secondary N) is 2. The number of H-pyrrole nitrogens is 1. The highest BCUT2D eigenvalue weighted by molar-refractivity contribution is 7.71. The van der Waals surface area contributed by atoms with E-state index in [4.69, 9.17) is 23.8 Å². The molecule has 1 atom stereocenters. The van der Waals surface area contributed by atoms with Crippen molar-refractivity contribution in [1.82, 2.24) is 14.8 Å². The molecule has 4 nitrogen and oxygen atoms in total. The summed E-state index contributed by atoms with van der Waals surface area (Å²) in [5.74, 6) is 0.829. The zero-order valence-corrected chi connectivity index (χ0v) is 14.4. The molecule has 2 aromatic heterocycles. The van der Waals surface area contributed by atoms with E-state index in [1.54, 1.807) is 11.3 Å². The number of halogens is 1. The van der Waals surface area contributed by atoms with Gasteiger partial charge in [0.1, 0.15) is 6.54 Å². The number of hydrogen-bond donors (Lipinski definition) is 2. The maximum Gasteiger partial charge on any atom is 0.221 e. The van der Waals surface area contributed by atoms with E-state index in [0.29, 0.717) is 4.77 Å². The fourth-order valence-corrected chi connectivity index (χ4v) is 3.39. The molecular weight excluding hydrogens is 336 g/mol. The third-order valence-corrected chi connectivity index (χ3v) is 4.68. The number of hydrogen-bond acceptors (Lipinski definition) is 3. The Morgan fingerprint density at radius 1 is 1.36 bits per heavy atom. The highest BCUT2D eigenvalue weighted by atomic mass is 35.5. The van der Waals surface area contributed by atoms with E-state index in [2.05, 4.69) is 23.2 Å². The molecule has 0 radical (unpaired) electrons. The van der Waals surface area contributed by atoms with Crippen LogP contribution in [-0.2, 0) is 13.2 Å². The summed E-state index contributed by atoms with van der Waals surface area (Å²) in [6, 6.07) is 12.0. The molecular formula is C15H16ClN4S2+. The molecule has 0 aliphatic carbocycles. The minimum atomic E-state index is 0.578. The quantitative estimate of drug-likeness (QED) is 0.693.